The maximum Gasteiger partial charge on any atom is 0.414 e. The van der Waals surface area contributed by atoms with Crippen LogP contribution in [0.2, 0.25) is 0 Å². The molecule has 2 amide bonds. The van der Waals surface area contributed by atoms with E-state index in [1.807, 2.05) is 0 Å². The molecule has 2 rings (SSSR count). The van der Waals surface area contributed by atoms with Gasteiger partial charge in [0.1, 0.15) is 17.5 Å². The minimum Gasteiger partial charge on any atom is -0.443 e. The minimum atomic E-state index is -0.682. The van der Waals surface area contributed by atoms with E-state index >= 15 is 0 Å². The van der Waals surface area contributed by atoms with E-state index < -0.39 is 29.7 Å². The summed E-state index contributed by atoms with van der Waals surface area (Å²) < 4.78 is 24.7. The van der Waals surface area contributed by atoms with Crippen molar-refractivity contribution in [1.29, 1.82) is 0 Å². The molecular formula is C16H22FN3O4. The fraction of sp³-hybridized carbons (Fsp3) is 0.500. The molecular weight excluding hydrogens is 317 g/mol. The van der Waals surface area contributed by atoms with Gasteiger partial charge in [0.05, 0.1) is 17.9 Å². The minimum absolute atomic E-state index is 0.0518. The summed E-state index contributed by atoms with van der Waals surface area (Å²) in [5, 5.41) is 0. The molecule has 1 fully saturated rings. The predicted molar refractivity (Wildman–Crippen MR) is 87.7 cm³/mol. The lowest BCUT2D eigenvalue weighted by atomic mass is 10.2. The number of nitrogens with two attached hydrogens (primary N) is 1. The molecule has 0 radical (unpaired) electrons. The molecule has 1 saturated heterocycles. The fourth-order valence-corrected chi connectivity index (χ4v) is 2.22. The maximum absolute atomic E-state index is 14.4. The molecule has 1 heterocycles. The van der Waals surface area contributed by atoms with Crippen LogP contribution in [0.25, 0.3) is 0 Å². The lowest BCUT2D eigenvalue weighted by Crippen LogP contribution is -2.34. The highest BCUT2D eigenvalue weighted by atomic mass is 19.1. The number of halogens is 1. The maximum atomic E-state index is 14.4. The quantitative estimate of drug-likeness (QED) is 0.914. The Hall–Kier alpha value is -2.35. The van der Waals surface area contributed by atoms with E-state index in [0.29, 0.717) is 5.69 Å². The molecule has 0 spiro atoms. The average molecular weight is 339 g/mol. The highest BCUT2D eigenvalue weighted by Gasteiger charge is 2.32. The third-order valence-electron chi connectivity index (χ3n) is 3.41. The summed E-state index contributed by atoms with van der Waals surface area (Å²) in [6.45, 7) is 5.64. The van der Waals surface area contributed by atoms with Gasteiger partial charge in [-0.1, -0.05) is 0 Å². The van der Waals surface area contributed by atoms with Gasteiger partial charge >= 0.3 is 12.2 Å². The van der Waals surface area contributed by atoms with Gasteiger partial charge in [-0.05, 0) is 39.0 Å². The molecule has 0 aliphatic carbocycles. The number of cyclic esters (lactones) is 1. The highest BCUT2D eigenvalue weighted by Crippen LogP contribution is 2.28. The van der Waals surface area contributed by atoms with Crippen LogP contribution in [0.3, 0.4) is 0 Å². The van der Waals surface area contributed by atoms with Crippen LogP contribution in [0.1, 0.15) is 20.8 Å². The second kappa shape index (κ2) is 6.64. The van der Waals surface area contributed by atoms with E-state index in [2.05, 4.69) is 0 Å². The van der Waals surface area contributed by atoms with E-state index in [-0.39, 0.29) is 18.8 Å². The smallest absolute Gasteiger partial charge is 0.414 e. The standard InChI is InChI=1S/C16H22FN3O4/c1-16(2,3)24-14(21)19(4)13-6-5-10(7-12(13)17)20-9-11(8-18)23-15(20)22/h5-7,11H,8-9,18H2,1-4H3/t11-/m0/s1. The molecule has 132 valence electrons. The van der Waals surface area contributed by atoms with Crippen LogP contribution in [0.15, 0.2) is 18.2 Å². The zero-order valence-electron chi connectivity index (χ0n) is 14.2. The number of hydrogen-bond acceptors (Lipinski definition) is 5. The fourth-order valence-electron chi connectivity index (χ4n) is 2.22. The van der Waals surface area contributed by atoms with Crippen molar-refractivity contribution in [3.8, 4) is 0 Å². The van der Waals surface area contributed by atoms with Gasteiger partial charge in [-0.15, -0.1) is 0 Å². The Balaban J connectivity index is 2.18. The third-order valence-corrected chi connectivity index (χ3v) is 3.41. The van der Waals surface area contributed by atoms with Crippen molar-refractivity contribution in [3.05, 3.63) is 24.0 Å². The van der Waals surface area contributed by atoms with Gasteiger partial charge in [-0.2, -0.15) is 0 Å². The number of nitrogens with zero attached hydrogens (tertiary/aromatic N) is 2. The first-order chi connectivity index (χ1) is 11.1. The molecule has 1 atom stereocenters. The molecule has 0 aromatic heterocycles. The van der Waals surface area contributed by atoms with Crippen LogP contribution in [0, 0.1) is 5.82 Å². The molecule has 8 heteroatoms. The van der Waals surface area contributed by atoms with E-state index in [4.69, 9.17) is 15.2 Å². The topological polar surface area (TPSA) is 85.1 Å². The van der Waals surface area contributed by atoms with Crippen molar-refractivity contribution in [2.45, 2.75) is 32.5 Å². The van der Waals surface area contributed by atoms with Crippen LogP contribution in [0.4, 0.5) is 25.4 Å². The van der Waals surface area contributed by atoms with Crippen molar-refractivity contribution in [3.63, 3.8) is 0 Å². The Kier molecular flexibility index (Phi) is 4.98. The Morgan fingerprint density at radius 3 is 2.67 bits per heavy atom. The predicted octanol–water partition coefficient (Wildman–Crippen LogP) is 2.48. The van der Waals surface area contributed by atoms with Crippen LogP contribution in [0.5, 0.6) is 0 Å². The van der Waals surface area contributed by atoms with E-state index in [0.717, 1.165) is 4.90 Å². The second-order valence-corrected chi connectivity index (χ2v) is 6.53. The Labute approximate surface area is 140 Å². The van der Waals surface area contributed by atoms with E-state index in [1.165, 1.54) is 24.1 Å². The van der Waals surface area contributed by atoms with E-state index in [9.17, 15) is 14.0 Å². The van der Waals surface area contributed by atoms with Gasteiger partial charge < -0.3 is 15.2 Å². The first kappa shape index (κ1) is 18.0. The highest BCUT2D eigenvalue weighted by molar-refractivity contribution is 5.91. The summed E-state index contributed by atoms with van der Waals surface area (Å²) >= 11 is 0. The van der Waals surface area contributed by atoms with Gasteiger partial charge in [-0.25, -0.2) is 14.0 Å². The normalized spacial score (nSPS) is 17.7. The summed E-state index contributed by atoms with van der Waals surface area (Å²) in [6, 6.07) is 4.13. The Morgan fingerprint density at radius 2 is 2.17 bits per heavy atom. The number of carbonyl (C=O) groups excluding carboxylic acids is 2. The lowest BCUT2D eigenvalue weighted by molar-refractivity contribution is 0.0588. The largest absolute Gasteiger partial charge is 0.443 e. The average Bonchev–Trinajstić information content (AvgIpc) is 2.86. The summed E-state index contributed by atoms with van der Waals surface area (Å²) in [4.78, 5) is 26.2. The molecule has 1 aliphatic rings. The number of carbonyl (C=O) groups is 2. The Morgan fingerprint density at radius 1 is 1.50 bits per heavy atom. The molecule has 0 unspecified atom stereocenters. The number of amides is 2. The SMILES string of the molecule is CN(C(=O)OC(C)(C)C)c1ccc(N2C[C@H](CN)OC2=O)cc1F. The molecule has 7 nitrogen and oxygen atoms in total. The molecule has 2 N–H and O–H groups in total. The molecule has 1 aromatic rings. The van der Waals surface area contributed by atoms with Crippen molar-refractivity contribution in [2.75, 3.05) is 29.9 Å². The van der Waals surface area contributed by atoms with E-state index in [1.54, 1.807) is 26.8 Å². The zero-order chi connectivity index (χ0) is 18.1. The number of hydrogen-bond donors (Lipinski definition) is 1. The van der Waals surface area contributed by atoms with Crippen LogP contribution < -0.4 is 15.5 Å². The number of rotatable bonds is 3. The summed E-state index contributed by atoms with van der Waals surface area (Å²) in [5.41, 5.74) is 5.19. The van der Waals surface area contributed by atoms with Crippen LogP contribution in [-0.4, -0.2) is 44.0 Å². The van der Waals surface area contributed by atoms with Crippen molar-refractivity contribution >= 4 is 23.6 Å². The zero-order valence-corrected chi connectivity index (χ0v) is 14.2. The van der Waals surface area contributed by atoms with Gasteiger partial charge in [-0.3, -0.25) is 9.80 Å². The van der Waals surface area contributed by atoms with Crippen LogP contribution in [-0.2, 0) is 9.47 Å². The first-order valence-electron chi connectivity index (χ1n) is 7.57. The molecule has 24 heavy (non-hydrogen) atoms. The number of benzene rings is 1. The van der Waals surface area contributed by atoms with Crippen molar-refractivity contribution < 1.29 is 23.5 Å². The monoisotopic (exact) mass is 339 g/mol. The third kappa shape index (κ3) is 3.94. The molecule has 0 saturated carbocycles. The number of ether oxygens (including phenoxy) is 2. The summed E-state index contributed by atoms with van der Waals surface area (Å²) in [5.74, 6) is -0.648. The first-order valence-corrected chi connectivity index (χ1v) is 7.57. The van der Waals surface area contributed by atoms with Gasteiger partial charge in [0, 0.05) is 13.6 Å². The van der Waals surface area contributed by atoms with Gasteiger partial charge in [0.2, 0.25) is 0 Å². The molecule has 0 bridgehead atoms. The molecule has 1 aromatic carbocycles. The summed E-state index contributed by atoms with van der Waals surface area (Å²) in [7, 11) is 1.42. The van der Waals surface area contributed by atoms with Gasteiger partial charge in [0.25, 0.3) is 0 Å². The lowest BCUT2D eigenvalue weighted by Gasteiger charge is -2.25. The van der Waals surface area contributed by atoms with Crippen molar-refractivity contribution in [1.82, 2.24) is 0 Å². The van der Waals surface area contributed by atoms with Gasteiger partial charge in [0.15, 0.2) is 0 Å². The number of anilines is 2. The summed E-state index contributed by atoms with van der Waals surface area (Å²) in [6.07, 6.45) is -1.65. The molecule has 1 aliphatic heterocycles. The Bertz CT molecular complexity index is 645. The van der Waals surface area contributed by atoms with Crippen molar-refractivity contribution in [2.24, 2.45) is 5.73 Å². The second-order valence-electron chi connectivity index (χ2n) is 6.53. The van der Waals surface area contributed by atoms with Crippen LogP contribution >= 0.6 is 0 Å².